The lowest BCUT2D eigenvalue weighted by Crippen LogP contribution is -2.32. The Morgan fingerprint density at radius 2 is 0.909 bits per heavy atom. The van der Waals surface area contributed by atoms with Crippen LogP contribution in [0.5, 0.6) is 11.5 Å². The molecule has 0 spiro atoms. The van der Waals surface area contributed by atoms with Gasteiger partial charge in [-0.15, -0.1) is 0 Å². The minimum absolute atomic E-state index is 0.231. The third-order valence-corrected chi connectivity index (χ3v) is 11.4. The second kappa shape index (κ2) is 12.9. The monoisotopic (exact) mass is 708 g/mol. The normalized spacial score (nSPS) is 13.3. The molecule has 8 aromatic carbocycles. The Balaban J connectivity index is 1.06. The zero-order chi connectivity index (χ0) is 37.1. The van der Waals surface area contributed by atoms with Crippen LogP contribution in [-0.2, 0) is 5.41 Å². The Labute approximate surface area is 323 Å². The second-order valence-corrected chi connectivity index (χ2v) is 15.1. The molecule has 0 atom stereocenters. The largest absolute Gasteiger partial charge is 0.453 e. The van der Waals surface area contributed by atoms with Crippen LogP contribution in [0.4, 0.5) is 34.1 Å². The number of hydrogen-bond donors (Lipinski definition) is 0. The molecule has 2 aliphatic rings. The van der Waals surface area contributed by atoms with Crippen molar-refractivity contribution in [3.05, 3.63) is 205 Å². The van der Waals surface area contributed by atoms with Crippen LogP contribution in [0.2, 0.25) is 0 Å². The fraction of sp³-hybridized carbons (Fsp3) is 0.0769. The van der Waals surface area contributed by atoms with Crippen LogP contribution in [0.25, 0.3) is 33.4 Å². The lowest BCUT2D eigenvalue weighted by Gasteiger charge is -2.45. The van der Waals surface area contributed by atoms with Gasteiger partial charge in [0, 0.05) is 22.5 Å². The topological polar surface area (TPSA) is 15.7 Å². The highest BCUT2D eigenvalue weighted by atomic mass is 16.5. The number of benzene rings is 8. The maximum Gasteiger partial charge on any atom is 0.152 e. The highest BCUT2D eigenvalue weighted by Crippen LogP contribution is 2.61. The lowest BCUT2D eigenvalue weighted by atomic mass is 9.72. The molecule has 0 aromatic heterocycles. The van der Waals surface area contributed by atoms with Gasteiger partial charge >= 0.3 is 0 Å². The summed E-state index contributed by atoms with van der Waals surface area (Å²) in [5.74, 6) is 1.77. The van der Waals surface area contributed by atoms with E-state index in [1.54, 1.807) is 0 Å². The molecule has 0 fully saturated rings. The third kappa shape index (κ3) is 5.51. The number of hydrogen-bond acceptors (Lipinski definition) is 3. The molecule has 0 aliphatic carbocycles. The van der Waals surface area contributed by atoms with Crippen LogP contribution in [0.15, 0.2) is 188 Å². The van der Waals surface area contributed by atoms with E-state index in [1.165, 1.54) is 44.6 Å². The third-order valence-electron chi connectivity index (χ3n) is 11.4. The molecule has 3 heteroatoms. The van der Waals surface area contributed by atoms with E-state index in [0.717, 1.165) is 51.1 Å². The summed E-state index contributed by atoms with van der Waals surface area (Å²) >= 11 is 0. The predicted molar refractivity (Wildman–Crippen MR) is 229 cm³/mol. The molecule has 0 radical (unpaired) electrons. The number of fused-ring (bicyclic) bond motifs is 4. The summed E-state index contributed by atoms with van der Waals surface area (Å²) < 4.78 is 6.79. The molecule has 0 N–H and O–H groups in total. The molecule has 264 valence electrons. The van der Waals surface area contributed by atoms with Gasteiger partial charge in [0.15, 0.2) is 11.5 Å². The van der Waals surface area contributed by atoms with Crippen molar-refractivity contribution in [1.82, 2.24) is 0 Å². The van der Waals surface area contributed by atoms with E-state index in [-0.39, 0.29) is 5.41 Å². The zero-order valence-electron chi connectivity index (χ0n) is 31.2. The van der Waals surface area contributed by atoms with Crippen molar-refractivity contribution in [2.45, 2.75) is 26.2 Å². The zero-order valence-corrected chi connectivity index (χ0v) is 31.2. The smallest absolute Gasteiger partial charge is 0.152 e. The molecule has 0 saturated carbocycles. The number of anilines is 6. The van der Waals surface area contributed by atoms with Crippen molar-refractivity contribution in [3.8, 4) is 44.9 Å². The lowest BCUT2D eigenvalue weighted by molar-refractivity contribution is 0.471. The molecule has 0 bridgehead atoms. The summed E-state index contributed by atoms with van der Waals surface area (Å²) in [6, 6.07) is 67.6. The molecule has 2 heterocycles. The van der Waals surface area contributed by atoms with Crippen LogP contribution in [0.1, 0.15) is 30.5 Å². The van der Waals surface area contributed by atoms with Gasteiger partial charge in [-0.3, -0.25) is 0 Å². The van der Waals surface area contributed by atoms with Crippen molar-refractivity contribution >= 4 is 34.1 Å². The van der Waals surface area contributed by atoms with Crippen molar-refractivity contribution in [2.24, 2.45) is 0 Å². The van der Waals surface area contributed by atoms with E-state index >= 15 is 0 Å². The predicted octanol–water partition coefficient (Wildman–Crippen LogP) is 14.7. The molecule has 2 aliphatic heterocycles. The van der Waals surface area contributed by atoms with Crippen LogP contribution < -0.4 is 14.5 Å². The molecule has 55 heavy (non-hydrogen) atoms. The first-order valence-electron chi connectivity index (χ1n) is 19.0. The fourth-order valence-electron chi connectivity index (χ4n) is 8.49. The molecular formula is C52H40N2O. The fourth-order valence-corrected chi connectivity index (χ4v) is 8.49. The average molecular weight is 709 g/mol. The number of para-hydroxylation sites is 2. The number of rotatable bonds is 6. The SMILES string of the molecule is Cc1cccc2c1N1c3ccccc3C(C)(C)c3cc(-c4ccc(N(c5ccc(-c6ccccc6)cc5)c5ccc(-c6ccccc6)cc5)cc4)cc(c31)O2. The summed E-state index contributed by atoms with van der Waals surface area (Å²) in [6.45, 7) is 6.84. The van der Waals surface area contributed by atoms with Crippen LogP contribution in [0.3, 0.4) is 0 Å². The van der Waals surface area contributed by atoms with Crippen LogP contribution in [-0.4, -0.2) is 0 Å². The maximum atomic E-state index is 6.79. The molecule has 0 saturated heterocycles. The van der Waals surface area contributed by atoms with Gasteiger partial charge in [-0.25, -0.2) is 0 Å². The van der Waals surface area contributed by atoms with Gasteiger partial charge in [0.2, 0.25) is 0 Å². The van der Waals surface area contributed by atoms with Gasteiger partial charge < -0.3 is 14.5 Å². The van der Waals surface area contributed by atoms with E-state index in [9.17, 15) is 0 Å². The summed E-state index contributed by atoms with van der Waals surface area (Å²) in [5.41, 5.74) is 17.4. The van der Waals surface area contributed by atoms with Gasteiger partial charge in [0.25, 0.3) is 0 Å². The van der Waals surface area contributed by atoms with E-state index in [2.05, 4.69) is 219 Å². The highest BCUT2D eigenvalue weighted by Gasteiger charge is 2.42. The van der Waals surface area contributed by atoms with E-state index in [4.69, 9.17) is 4.74 Å². The Morgan fingerprint density at radius 1 is 0.418 bits per heavy atom. The van der Waals surface area contributed by atoms with E-state index in [0.29, 0.717) is 0 Å². The molecule has 0 unspecified atom stereocenters. The first kappa shape index (κ1) is 32.8. The standard InChI is InChI=1S/C52H40N2O/c1-35-13-12-20-48-50(35)54-47-19-11-10-18-45(47)52(2,3)46-33-41(34-49(55-48)51(46)54)40-25-31-44(32-26-40)53(42-27-21-38(22-28-42)36-14-6-4-7-15-36)43-29-23-39(24-30-43)37-16-8-5-9-17-37/h4-34H,1-3H3. The van der Waals surface area contributed by atoms with Gasteiger partial charge in [-0.2, -0.15) is 0 Å². The van der Waals surface area contributed by atoms with Gasteiger partial charge in [-0.05, 0) is 118 Å². The van der Waals surface area contributed by atoms with Gasteiger partial charge in [0.05, 0.1) is 17.1 Å². The summed E-state index contributed by atoms with van der Waals surface area (Å²) in [4.78, 5) is 4.76. The number of nitrogens with zero attached hydrogens (tertiary/aromatic N) is 2. The molecule has 0 amide bonds. The first-order chi connectivity index (χ1) is 26.9. The van der Waals surface area contributed by atoms with Gasteiger partial charge in [0.1, 0.15) is 0 Å². The second-order valence-electron chi connectivity index (χ2n) is 15.1. The van der Waals surface area contributed by atoms with E-state index in [1.807, 2.05) is 0 Å². The van der Waals surface area contributed by atoms with Crippen molar-refractivity contribution in [3.63, 3.8) is 0 Å². The average Bonchev–Trinajstić information content (AvgIpc) is 3.24. The summed E-state index contributed by atoms with van der Waals surface area (Å²) in [5, 5.41) is 0. The van der Waals surface area contributed by atoms with E-state index < -0.39 is 0 Å². The Kier molecular flexibility index (Phi) is 7.71. The molecule has 3 nitrogen and oxygen atoms in total. The Hall–Kier alpha value is -6.84. The molecule has 8 aromatic rings. The summed E-state index contributed by atoms with van der Waals surface area (Å²) in [7, 11) is 0. The highest BCUT2D eigenvalue weighted by molar-refractivity contribution is 5.96. The minimum Gasteiger partial charge on any atom is -0.453 e. The van der Waals surface area contributed by atoms with Crippen LogP contribution in [0, 0.1) is 6.92 Å². The Morgan fingerprint density at radius 3 is 1.47 bits per heavy atom. The van der Waals surface area contributed by atoms with Crippen molar-refractivity contribution in [2.75, 3.05) is 9.80 Å². The van der Waals surface area contributed by atoms with Crippen molar-refractivity contribution in [1.29, 1.82) is 0 Å². The first-order valence-corrected chi connectivity index (χ1v) is 19.0. The van der Waals surface area contributed by atoms with Crippen molar-refractivity contribution < 1.29 is 4.74 Å². The quantitative estimate of drug-likeness (QED) is 0.171. The van der Waals surface area contributed by atoms with Gasteiger partial charge in [-0.1, -0.05) is 141 Å². The molecular weight excluding hydrogens is 669 g/mol. The minimum atomic E-state index is -0.231. The summed E-state index contributed by atoms with van der Waals surface area (Å²) in [6.07, 6.45) is 0. The number of aryl methyl sites for hydroxylation is 1. The maximum absolute atomic E-state index is 6.79. The Bertz CT molecular complexity index is 2600. The molecule has 10 rings (SSSR count). The van der Waals surface area contributed by atoms with Crippen LogP contribution >= 0.6 is 0 Å². The number of ether oxygens (including phenoxy) is 1.